The van der Waals surface area contributed by atoms with Gasteiger partial charge in [0.05, 0.1) is 5.52 Å². The first kappa shape index (κ1) is 16.0. The molecule has 116 valence electrons. The van der Waals surface area contributed by atoms with Crippen LogP contribution >= 0.6 is 0 Å². The first-order chi connectivity index (χ1) is 9.72. The summed E-state index contributed by atoms with van der Waals surface area (Å²) in [5.74, 6) is -0.288. The summed E-state index contributed by atoms with van der Waals surface area (Å²) in [6.45, 7) is 12.5. The molecule has 0 unspecified atom stereocenters. The van der Waals surface area contributed by atoms with Crippen molar-refractivity contribution in [2.75, 3.05) is 6.61 Å². The topological polar surface area (TPSA) is 44.4 Å². The number of oxazole rings is 1. The summed E-state index contributed by atoms with van der Waals surface area (Å²) < 4.78 is 13.0. The maximum absolute atomic E-state index is 11.9. The van der Waals surface area contributed by atoms with Crippen LogP contribution in [0.2, 0.25) is 18.1 Å². The fourth-order valence-electron chi connectivity index (χ4n) is 1.99. The standard InChI is InChI=1S/C16H25NO3Si/c1-16(2,3)21(4,5)19-12-8-11-17-13-9-6-7-10-14(13)20-15(17)18/h6-7,9-10H,8,11-12H2,1-5H3. The summed E-state index contributed by atoms with van der Waals surface area (Å²) >= 11 is 0. The van der Waals surface area contributed by atoms with Gasteiger partial charge in [-0.15, -0.1) is 0 Å². The fraction of sp³-hybridized carbons (Fsp3) is 0.562. The van der Waals surface area contributed by atoms with Gasteiger partial charge in [-0.3, -0.25) is 4.57 Å². The van der Waals surface area contributed by atoms with Gasteiger partial charge in [0.25, 0.3) is 0 Å². The van der Waals surface area contributed by atoms with Crippen LogP contribution in [0.3, 0.4) is 0 Å². The number of hydrogen-bond donors (Lipinski definition) is 0. The van der Waals surface area contributed by atoms with Crippen molar-refractivity contribution in [1.29, 1.82) is 0 Å². The molecule has 0 radical (unpaired) electrons. The number of aryl methyl sites for hydroxylation is 1. The third-order valence-corrected chi connectivity index (χ3v) is 8.91. The Balaban J connectivity index is 1.98. The maximum Gasteiger partial charge on any atom is 0.419 e. The average molecular weight is 307 g/mol. The van der Waals surface area contributed by atoms with Crippen molar-refractivity contribution in [3.63, 3.8) is 0 Å². The number of benzene rings is 1. The van der Waals surface area contributed by atoms with E-state index in [-0.39, 0.29) is 10.8 Å². The van der Waals surface area contributed by atoms with Gasteiger partial charge >= 0.3 is 5.76 Å². The summed E-state index contributed by atoms with van der Waals surface area (Å²) in [6, 6.07) is 7.52. The second-order valence-electron chi connectivity index (χ2n) is 6.95. The first-order valence-electron chi connectivity index (χ1n) is 7.45. The van der Waals surface area contributed by atoms with E-state index in [1.807, 2.05) is 24.3 Å². The van der Waals surface area contributed by atoms with Gasteiger partial charge in [-0.2, -0.15) is 0 Å². The van der Waals surface area contributed by atoms with Crippen molar-refractivity contribution in [3.05, 3.63) is 34.8 Å². The molecule has 0 aliphatic rings. The fourth-order valence-corrected chi connectivity index (χ4v) is 3.08. The van der Waals surface area contributed by atoms with E-state index in [0.717, 1.165) is 11.9 Å². The molecule has 0 spiro atoms. The van der Waals surface area contributed by atoms with Gasteiger partial charge in [0.15, 0.2) is 13.9 Å². The second-order valence-corrected chi connectivity index (χ2v) is 11.8. The molecule has 2 rings (SSSR count). The molecule has 1 heterocycles. The van der Waals surface area contributed by atoms with E-state index in [4.69, 9.17) is 8.84 Å². The zero-order chi connectivity index (χ0) is 15.7. The third-order valence-electron chi connectivity index (χ3n) is 4.37. The molecule has 0 N–H and O–H groups in total. The van der Waals surface area contributed by atoms with Crippen LogP contribution in [0.25, 0.3) is 11.1 Å². The van der Waals surface area contributed by atoms with E-state index in [9.17, 15) is 4.79 Å². The lowest BCUT2D eigenvalue weighted by atomic mass is 10.2. The number of rotatable bonds is 5. The quantitative estimate of drug-likeness (QED) is 0.619. The zero-order valence-electron chi connectivity index (χ0n) is 13.6. The van der Waals surface area contributed by atoms with Crippen LogP contribution in [0, 0.1) is 0 Å². The van der Waals surface area contributed by atoms with Gasteiger partial charge in [-0.25, -0.2) is 4.79 Å². The van der Waals surface area contributed by atoms with Crippen LogP contribution in [-0.2, 0) is 11.0 Å². The lowest BCUT2D eigenvalue weighted by Crippen LogP contribution is -2.41. The summed E-state index contributed by atoms with van der Waals surface area (Å²) in [5, 5.41) is 0.214. The molecule has 2 aromatic rings. The number of aromatic nitrogens is 1. The van der Waals surface area contributed by atoms with E-state index < -0.39 is 8.32 Å². The Hall–Kier alpha value is -1.33. The van der Waals surface area contributed by atoms with Crippen molar-refractivity contribution in [3.8, 4) is 0 Å². The molecule has 1 aromatic carbocycles. The normalized spacial score (nSPS) is 13.0. The molecule has 0 saturated carbocycles. The summed E-state index contributed by atoms with van der Waals surface area (Å²) in [6.07, 6.45) is 0.815. The highest BCUT2D eigenvalue weighted by Crippen LogP contribution is 2.36. The molecule has 0 aliphatic carbocycles. The van der Waals surface area contributed by atoms with Crippen molar-refractivity contribution in [2.45, 2.75) is 51.9 Å². The zero-order valence-corrected chi connectivity index (χ0v) is 14.6. The smallest absolute Gasteiger partial charge is 0.417 e. The Morgan fingerprint density at radius 3 is 2.57 bits per heavy atom. The van der Waals surface area contributed by atoms with Gasteiger partial charge < -0.3 is 8.84 Å². The summed E-state index contributed by atoms with van der Waals surface area (Å²) in [4.78, 5) is 11.9. The van der Waals surface area contributed by atoms with E-state index in [1.54, 1.807) is 4.57 Å². The van der Waals surface area contributed by atoms with Crippen LogP contribution in [-0.4, -0.2) is 19.5 Å². The highest BCUT2D eigenvalue weighted by Gasteiger charge is 2.36. The molecule has 4 nitrogen and oxygen atoms in total. The third kappa shape index (κ3) is 3.47. The minimum Gasteiger partial charge on any atom is -0.417 e. The van der Waals surface area contributed by atoms with Gasteiger partial charge in [0.1, 0.15) is 0 Å². The number of hydrogen-bond acceptors (Lipinski definition) is 3. The van der Waals surface area contributed by atoms with Gasteiger partial charge in [0.2, 0.25) is 0 Å². The monoisotopic (exact) mass is 307 g/mol. The molecular formula is C16H25NO3Si. The molecule has 21 heavy (non-hydrogen) atoms. The van der Waals surface area contributed by atoms with E-state index >= 15 is 0 Å². The van der Waals surface area contributed by atoms with Crippen LogP contribution in [0.15, 0.2) is 33.5 Å². The Bertz CT molecular complexity index is 664. The summed E-state index contributed by atoms with van der Waals surface area (Å²) in [5.41, 5.74) is 1.50. The average Bonchev–Trinajstić information content (AvgIpc) is 2.69. The molecule has 0 atom stereocenters. The van der Waals surface area contributed by atoms with Crippen LogP contribution in [0.1, 0.15) is 27.2 Å². The molecule has 0 aliphatic heterocycles. The Kier molecular flexibility index (Phi) is 4.44. The number of fused-ring (bicyclic) bond motifs is 1. The molecule has 1 aromatic heterocycles. The summed E-state index contributed by atoms with van der Waals surface area (Å²) in [7, 11) is -1.71. The van der Waals surface area contributed by atoms with Crippen molar-refractivity contribution in [1.82, 2.24) is 4.57 Å². The van der Waals surface area contributed by atoms with Crippen LogP contribution in [0.5, 0.6) is 0 Å². The largest absolute Gasteiger partial charge is 0.419 e. The predicted octanol–water partition coefficient (Wildman–Crippen LogP) is 4.01. The van der Waals surface area contributed by atoms with Gasteiger partial charge in [-0.05, 0) is 36.7 Å². The maximum atomic E-state index is 11.9. The Morgan fingerprint density at radius 2 is 1.90 bits per heavy atom. The van der Waals surface area contributed by atoms with Gasteiger partial charge in [0, 0.05) is 13.2 Å². The lowest BCUT2D eigenvalue weighted by molar-refractivity contribution is 0.274. The lowest BCUT2D eigenvalue weighted by Gasteiger charge is -2.36. The second kappa shape index (κ2) is 5.81. The SMILES string of the molecule is CC(C)(C)[Si](C)(C)OCCCn1c(=O)oc2ccccc21. The van der Waals surface area contributed by atoms with E-state index in [0.29, 0.717) is 18.7 Å². The minimum absolute atomic E-state index is 0.214. The molecular weight excluding hydrogens is 282 g/mol. The molecule has 0 saturated heterocycles. The van der Waals surface area contributed by atoms with Crippen molar-refractivity contribution < 1.29 is 8.84 Å². The molecule has 0 fully saturated rings. The predicted molar refractivity (Wildman–Crippen MR) is 88.2 cm³/mol. The molecule has 0 bridgehead atoms. The van der Waals surface area contributed by atoms with E-state index in [1.165, 1.54) is 0 Å². The Labute approximate surface area is 126 Å². The Morgan fingerprint density at radius 1 is 1.24 bits per heavy atom. The van der Waals surface area contributed by atoms with Crippen molar-refractivity contribution >= 4 is 19.4 Å². The van der Waals surface area contributed by atoms with Crippen molar-refractivity contribution in [2.24, 2.45) is 0 Å². The molecule has 5 heteroatoms. The first-order valence-corrected chi connectivity index (χ1v) is 10.4. The molecule has 0 amide bonds. The van der Waals surface area contributed by atoms with Gasteiger partial charge in [-0.1, -0.05) is 32.9 Å². The highest BCUT2D eigenvalue weighted by atomic mass is 28.4. The minimum atomic E-state index is -1.71. The van der Waals surface area contributed by atoms with E-state index in [2.05, 4.69) is 33.9 Å². The highest BCUT2D eigenvalue weighted by molar-refractivity contribution is 6.74. The number of nitrogens with zero attached hydrogens (tertiary/aromatic N) is 1. The number of para-hydroxylation sites is 2. The van der Waals surface area contributed by atoms with Crippen LogP contribution in [0.4, 0.5) is 0 Å². The van der Waals surface area contributed by atoms with Crippen LogP contribution < -0.4 is 5.76 Å².